The number of nitrogens with zero attached hydrogens (tertiary/aromatic N) is 4. The number of pyridine rings is 1. The van der Waals surface area contributed by atoms with Crippen LogP contribution in [0, 0.1) is 0 Å². The number of carbonyl (C=O) groups excluding carboxylic acids is 1. The molecular weight excluding hydrogens is 320 g/mol. The summed E-state index contributed by atoms with van der Waals surface area (Å²) in [6.45, 7) is 0.573. The van der Waals surface area contributed by atoms with Crippen molar-refractivity contribution >= 4 is 11.7 Å². The van der Waals surface area contributed by atoms with Crippen LogP contribution in [0.4, 0.5) is 5.82 Å². The number of aromatic nitrogens is 5. The Labute approximate surface area is 143 Å². The van der Waals surface area contributed by atoms with Gasteiger partial charge >= 0.3 is 0 Å². The molecule has 4 heterocycles. The molecule has 8 nitrogen and oxygen atoms in total. The predicted molar refractivity (Wildman–Crippen MR) is 92.2 cm³/mol. The maximum atomic E-state index is 12.6. The lowest BCUT2D eigenvalue weighted by atomic mass is 9.93. The lowest BCUT2D eigenvalue weighted by molar-refractivity contribution is -0.120. The molecule has 0 aliphatic carbocycles. The second-order valence-electron chi connectivity index (χ2n) is 6.22. The van der Waals surface area contributed by atoms with E-state index >= 15 is 0 Å². The van der Waals surface area contributed by atoms with Gasteiger partial charge in [0.05, 0.1) is 5.69 Å². The third kappa shape index (κ3) is 2.86. The van der Waals surface area contributed by atoms with Gasteiger partial charge in [-0.1, -0.05) is 0 Å². The summed E-state index contributed by atoms with van der Waals surface area (Å²) in [5.74, 6) is 0.683. The molecular formula is C17H18N6O2. The standard InChI is InChI=1S/C17H18N6O2/c1-22-14(10-16(24)21-22)12-4-7-23(17(25)8-12)15-9-13(19-20-15)11-2-5-18-6-3-11/h2-3,5-6,9-10,12H,4,7-8H2,1H3,(H,19,20)(H,21,24). The second-order valence-corrected chi connectivity index (χ2v) is 6.22. The number of aromatic amines is 2. The van der Waals surface area contributed by atoms with E-state index in [0.29, 0.717) is 18.8 Å². The van der Waals surface area contributed by atoms with E-state index in [9.17, 15) is 9.59 Å². The van der Waals surface area contributed by atoms with E-state index in [0.717, 1.165) is 23.4 Å². The third-order valence-electron chi connectivity index (χ3n) is 4.62. The number of H-pyrrole nitrogens is 2. The molecule has 4 rings (SSSR count). The Kier molecular flexibility index (Phi) is 3.72. The molecule has 0 radical (unpaired) electrons. The number of rotatable bonds is 3. The number of nitrogens with one attached hydrogen (secondary N) is 2. The minimum absolute atomic E-state index is 0.0117. The van der Waals surface area contributed by atoms with Crippen molar-refractivity contribution < 1.29 is 4.79 Å². The van der Waals surface area contributed by atoms with Crippen molar-refractivity contribution in [1.29, 1.82) is 0 Å². The average molecular weight is 338 g/mol. The first-order valence-electron chi connectivity index (χ1n) is 8.14. The number of carbonyl (C=O) groups is 1. The highest BCUT2D eigenvalue weighted by Gasteiger charge is 2.30. The maximum absolute atomic E-state index is 12.6. The Hall–Kier alpha value is -3.16. The molecule has 0 bridgehead atoms. The highest BCUT2D eigenvalue weighted by Crippen LogP contribution is 2.31. The first-order valence-corrected chi connectivity index (χ1v) is 8.14. The molecule has 2 N–H and O–H groups in total. The van der Waals surface area contributed by atoms with Crippen LogP contribution in [0.2, 0.25) is 0 Å². The van der Waals surface area contributed by atoms with Gasteiger partial charge in [0.2, 0.25) is 5.91 Å². The van der Waals surface area contributed by atoms with Gasteiger partial charge in [-0.05, 0) is 18.6 Å². The minimum Gasteiger partial charge on any atom is -0.295 e. The molecule has 3 aromatic heterocycles. The summed E-state index contributed by atoms with van der Waals surface area (Å²) in [7, 11) is 1.79. The van der Waals surface area contributed by atoms with Crippen LogP contribution in [0.5, 0.6) is 0 Å². The van der Waals surface area contributed by atoms with Gasteiger partial charge in [-0.2, -0.15) is 5.10 Å². The van der Waals surface area contributed by atoms with Crippen LogP contribution in [0.25, 0.3) is 11.3 Å². The van der Waals surface area contributed by atoms with Gasteiger partial charge in [0, 0.05) is 61.7 Å². The molecule has 1 fully saturated rings. The van der Waals surface area contributed by atoms with Gasteiger partial charge in [-0.3, -0.25) is 34.4 Å². The predicted octanol–water partition coefficient (Wildman–Crippen LogP) is 1.41. The fourth-order valence-corrected chi connectivity index (χ4v) is 3.34. The Balaban J connectivity index is 1.52. The van der Waals surface area contributed by atoms with Gasteiger partial charge < -0.3 is 0 Å². The quantitative estimate of drug-likeness (QED) is 0.754. The van der Waals surface area contributed by atoms with Crippen molar-refractivity contribution in [2.45, 2.75) is 18.8 Å². The van der Waals surface area contributed by atoms with E-state index in [-0.39, 0.29) is 17.4 Å². The molecule has 1 atom stereocenters. The van der Waals surface area contributed by atoms with Gasteiger partial charge in [-0.15, -0.1) is 0 Å². The van der Waals surface area contributed by atoms with Crippen LogP contribution >= 0.6 is 0 Å². The Morgan fingerprint density at radius 3 is 2.68 bits per heavy atom. The SMILES string of the molecule is Cn1[nH]c(=O)cc1C1CCN(c2cc(-c3ccncc3)[nH]n2)C(=O)C1. The molecule has 1 amide bonds. The summed E-state index contributed by atoms with van der Waals surface area (Å²) in [4.78, 5) is 29.8. The maximum Gasteiger partial charge on any atom is 0.264 e. The second kappa shape index (κ2) is 6.04. The molecule has 1 aliphatic rings. The van der Waals surface area contributed by atoms with E-state index in [4.69, 9.17) is 0 Å². The molecule has 8 heteroatoms. The van der Waals surface area contributed by atoms with E-state index in [2.05, 4.69) is 20.3 Å². The largest absolute Gasteiger partial charge is 0.295 e. The van der Waals surface area contributed by atoms with Crippen LogP contribution in [0.1, 0.15) is 24.5 Å². The molecule has 0 saturated carbocycles. The monoisotopic (exact) mass is 338 g/mol. The summed E-state index contributed by atoms with van der Waals surface area (Å²) in [5.41, 5.74) is 2.55. The lowest BCUT2D eigenvalue weighted by Crippen LogP contribution is -2.38. The zero-order valence-electron chi connectivity index (χ0n) is 13.8. The van der Waals surface area contributed by atoms with Crippen LogP contribution in [0.15, 0.2) is 41.5 Å². The number of hydrogen-bond acceptors (Lipinski definition) is 4. The fraction of sp³-hybridized carbons (Fsp3) is 0.294. The Morgan fingerprint density at radius 2 is 2.00 bits per heavy atom. The average Bonchev–Trinajstić information content (AvgIpc) is 3.22. The normalized spacial score (nSPS) is 17.9. The third-order valence-corrected chi connectivity index (χ3v) is 4.62. The van der Waals surface area contributed by atoms with Gasteiger partial charge in [0.1, 0.15) is 0 Å². The number of amides is 1. The van der Waals surface area contributed by atoms with Crippen LogP contribution in [0.3, 0.4) is 0 Å². The van der Waals surface area contributed by atoms with E-state index < -0.39 is 0 Å². The molecule has 0 spiro atoms. The Morgan fingerprint density at radius 1 is 1.20 bits per heavy atom. The van der Waals surface area contributed by atoms with Crippen molar-refractivity contribution in [1.82, 2.24) is 25.0 Å². The first kappa shape index (κ1) is 15.4. The van der Waals surface area contributed by atoms with E-state index in [1.165, 1.54) is 0 Å². The molecule has 128 valence electrons. The molecule has 1 unspecified atom stereocenters. The van der Waals surface area contributed by atoms with Crippen LogP contribution in [-0.4, -0.2) is 37.4 Å². The van der Waals surface area contributed by atoms with Gasteiger partial charge in [-0.25, -0.2) is 0 Å². The highest BCUT2D eigenvalue weighted by atomic mass is 16.2. The van der Waals surface area contributed by atoms with Crippen molar-refractivity contribution in [3.8, 4) is 11.3 Å². The van der Waals surface area contributed by atoms with Crippen LogP contribution in [-0.2, 0) is 11.8 Å². The molecule has 1 saturated heterocycles. The van der Waals surface area contributed by atoms with Crippen molar-refractivity contribution in [3.63, 3.8) is 0 Å². The number of piperidine rings is 1. The zero-order valence-corrected chi connectivity index (χ0v) is 13.8. The number of hydrogen-bond donors (Lipinski definition) is 2. The minimum atomic E-state index is -0.137. The summed E-state index contributed by atoms with van der Waals surface area (Å²) < 4.78 is 1.70. The van der Waals surface area contributed by atoms with Crippen molar-refractivity contribution in [3.05, 3.63) is 52.7 Å². The van der Waals surface area contributed by atoms with Crippen LogP contribution < -0.4 is 10.5 Å². The fourth-order valence-electron chi connectivity index (χ4n) is 3.34. The molecule has 25 heavy (non-hydrogen) atoms. The number of aryl methyl sites for hydroxylation is 1. The van der Waals surface area contributed by atoms with E-state index in [1.807, 2.05) is 18.2 Å². The summed E-state index contributed by atoms with van der Waals surface area (Å²) >= 11 is 0. The first-order chi connectivity index (χ1) is 12.1. The van der Waals surface area contributed by atoms with Crippen molar-refractivity contribution in [2.24, 2.45) is 7.05 Å². The van der Waals surface area contributed by atoms with Gasteiger partial charge in [0.25, 0.3) is 5.56 Å². The molecule has 1 aliphatic heterocycles. The zero-order chi connectivity index (χ0) is 17.4. The highest BCUT2D eigenvalue weighted by molar-refractivity contribution is 5.94. The molecule has 0 aromatic carbocycles. The van der Waals surface area contributed by atoms with Crippen molar-refractivity contribution in [2.75, 3.05) is 11.4 Å². The topological polar surface area (TPSA) is 99.7 Å². The summed E-state index contributed by atoms with van der Waals surface area (Å²) in [6, 6.07) is 7.22. The smallest absolute Gasteiger partial charge is 0.264 e. The van der Waals surface area contributed by atoms with E-state index in [1.54, 1.807) is 35.1 Å². The summed E-state index contributed by atoms with van der Waals surface area (Å²) in [6.07, 6.45) is 4.58. The Bertz CT molecular complexity index is 955. The lowest BCUT2D eigenvalue weighted by Gasteiger charge is -2.30. The van der Waals surface area contributed by atoms with Gasteiger partial charge in [0.15, 0.2) is 5.82 Å². The molecule has 3 aromatic rings. The number of anilines is 1. The summed E-state index contributed by atoms with van der Waals surface area (Å²) in [5, 5.41) is 9.96.